The highest BCUT2D eigenvalue weighted by Crippen LogP contribution is 2.43. The van der Waals surface area contributed by atoms with E-state index in [2.05, 4.69) is 4.98 Å². The number of carbonyl (C=O) groups excluding carboxylic acids is 2. The van der Waals surface area contributed by atoms with Crippen LogP contribution in [0.1, 0.15) is 64.1 Å². The number of hydrogen-bond acceptors (Lipinski definition) is 6. The van der Waals surface area contributed by atoms with Gasteiger partial charge in [-0.25, -0.2) is 4.98 Å². The van der Waals surface area contributed by atoms with Crippen LogP contribution in [-0.2, 0) is 4.79 Å². The molecule has 0 bridgehead atoms. The van der Waals surface area contributed by atoms with Gasteiger partial charge in [0.25, 0.3) is 5.91 Å². The minimum Gasteiger partial charge on any atom is -0.503 e. The number of ether oxygens (including phenoxy) is 1. The van der Waals surface area contributed by atoms with Gasteiger partial charge in [0.2, 0.25) is 5.78 Å². The standard InChI is InChI=1S/C23H26N2O4S/c1-13-22(30-14(2)24-13)20(26)18-19(15-9-11-17(29-3)12-10-15)25(23(28)21(18)27)16-7-5-4-6-8-16/h9-12,16,19,27H,4-8H2,1-3H3. The van der Waals surface area contributed by atoms with Gasteiger partial charge in [-0.15, -0.1) is 11.3 Å². The van der Waals surface area contributed by atoms with Gasteiger partial charge in [-0.05, 0) is 44.4 Å². The van der Waals surface area contributed by atoms with Crippen molar-refractivity contribution < 1.29 is 19.4 Å². The second kappa shape index (κ2) is 8.22. The number of ketones is 1. The monoisotopic (exact) mass is 426 g/mol. The Kier molecular flexibility index (Phi) is 5.64. The van der Waals surface area contributed by atoms with E-state index in [1.54, 1.807) is 18.9 Å². The summed E-state index contributed by atoms with van der Waals surface area (Å²) < 4.78 is 5.26. The summed E-state index contributed by atoms with van der Waals surface area (Å²) in [6, 6.07) is 6.76. The average Bonchev–Trinajstić information content (AvgIpc) is 3.24. The van der Waals surface area contributed by atoms with E-state index in [0.29, 0.717) is 16.3 Å². The molecule has 1 saturated carbocycles. The Morgan fingerprint density at radius 3 is 2.40 bits per heavy atom. The third-order valence-electron chi connectivity index (χ3n) is 6.00. The maximum Gasteiger partial charge on any atom is 0.290 e. The average molecular weight is 427 g/mol. The van der Waals surface area contributed by atoms with Crippen molar-refractivity contribution in [1.29, 1.82) is 0 Å². The van der Waals surface area contributed by atoms with E-state index in [1.165, 1.54) is 11.3 Å². The van der Waals surface area contributed by atoms with E-state index in [-0.39, 0.29) is 17.4 Å². The lowest BCUT2D eigenvalue weighted by Crippen LogP contribution is -2.41. The van der Waals surface area contributed by atoms with Crippen LogP contribution in [0.4, 0.5) is 0 Å². The van der Waals surface area contributed by atoms with Gasteiger partial charge in [-0.1, -0.05) is 31.4 Å². The third-order valence-corrected chi connectivity index (χ3v) is 7.07. The zero-order chi connectivity index (χ0) is 21.4. The number of hydrogen-bond donors (Lipinski definition) is 1. The van der Waals surface area contributed by atoms with E-state index in [4.69, 9.17) is 4.74 Å². The molecule has 1 aliphatic heterocycles. The fourth-order valence-corrected chi connectivity index (χ4v) is 5.44. The number of aromatic nitrogens is 1. The molecule has 1 N–H and O–H groups in total. The molecule has 30 heavy (non-hydrogen) atoms. The summed E-state index contributed by atoms with van der Waals surface area (Å²) in [7, 11) is 1.60. The first kappa shape index (κ1) is 20.6. The van der Waals surface area contributed by atoms with Crippen molar-refractivity contribution in [3.63, 3.8) is 0 Å². The molecule has 4 rings (SSSR count). The molecule has 1 aromatic carbocycles. The number of rotatable bonds is 5. The molecule has 1 atom stereocenters. The van der Waals surface area contributed by atoms with Gasteiger partial charge in [0.1, 0.15) is 5.75 Å². The van der Waals surface area contributed by atoms with Crippen LogP contribution in [0, 0.1) is 13.8 Å². The molecule has 0 spiro atoms. The van der Waals surface area contributed by atoms with Crippen molar-refractivity contribution in [3.05, 3.63) is 56.7 Å². The zero-order valence-electron chi connectivity index (χ0n) is 17.5. The largest absolute Gasteiger partial charge is 0.503 e. The van der Waals surface area contributed by atoms with Gasteiger partial charge >= 0.3 is 0 Å². The molecule has 1 aromatic heterocycles. The normalized spacial score (nSPS) is 20.2. The molecule has 2 aromatic rings. The Morgan fingerprint density at radius 1 is 1.17 bits per heavy atom. The number of thiazole rings is 1. The number of carbonyl (C=O) groups is 2. The van der Waals surface area contributed by atoms with E-state index >= 15 is 0 Å². The minimum atomic E-state index is -0.610. The second-order valence-corrected chi connectivity index (χ2v) is 9.12. The Bertz CT molecular complexity index is 1000. The molecular weight excluding hydrogens is 400 g/mol. The molecule has 158 valence electrons. The number of methoxy groups -OCH3 is 1. The van der Waals surface area contributed by atoms with E-state index in [9.17, 15) is 14.7 Å². The fourth-order valence-electron chi connectivity index (χ4n) is 4.57. The van der Waals surface area contributed by atoms with Crippen molar-refractivity contribution in [2.75, 3.05) is 7.11 Å². The highest BCUT2D eigenvalue weighted by atomic mass is 32.1. The highest BCUT2D eigenvalue weighted by molar-refractivity contribution is 7.14. The molecule has 1 aliphatic carbocycles. The maximum atomic E-state index is 13.5. The first-order chi connectivity index (χ1) is 14.4. The van der Waals surface area contributed by atoms with Gasteiger partial charge in [0.05, 0.1) is 34.3 Å². The first-order valence-electron chi connectivity index (χ1n) is 10.3. The van der Waals surface area contributed by atoms with E-state index in [1.807, 2.05) is 31.2 Å². The smallest absolute Gasteiger partial charge is 0.290 e. The fraction of sp³-hybridized carbons (Fsp3) is 0.435. The first-order valence-corrected chi connectivity index (χ1v) is 11.1. The number of Topliss-reactive ketones (excluding diaryl/α,β-unsaturated/α-hetero) is 1. The molecule has 1 unspecified atom stereocenters. The van der Waals surface area contributed by atoms with Crippen LogP contribution in [0.5, 0.6) is 5.75 Å². The number of aliphatic hydroxyl groups excluding tert-OH is 1. The van der Waals surface area contributed by atoms with Crippen molar-refractivity contribution in [2.24, 2.45) is 0 Å². The number of aliphatic hydroxyl groups is 1. The second-order valence-electron chi connectivity index (χ2n) is 7.92. The van der Waals surface area contributed by atoms with E-state index < -0.39 is 17.7 Å². The molecule has 0 radical (unpaired) electrons. The zero-order valence-corrected chi connectivity index (χ0v) is 18.3. The molecular formula is C23H26N2O4S. The van der Waals surface area contributed by atoms with Crippen molar-refractivity contribution >= 4 is 23.0 Å². The van der Waals surface area contributed by atoms with Crippen LogP contribution >= 0.6 is 11.3 Å². The third kappa shape index (κ3) is 3.51. The lowest BCUT2D eigenvalue weighted by molar-refractivity contribution is -0.132. The van der Waals surface area contributed by atoms with Crippen LogP contribution < -0.4 is 4.74 Å². The van der Waals surface area contributed by atoms with E-state index in [0.717, 1.165) is 42.7 Å². The van der Waals surface area contributed by atoms with Gasteiger partial charge in [0.15, 0.2) is 5.76 Å². The Labute approximate surface area is 180 Å². The summed E-state index contributed by atoms with van der Waals surface area (Å²) in [5.41, 5.74) is 1.57. The maximum absolute atomic E-state index is 13.5. The van der Waals surface area contributed by atoms with Crippen LogP contribution in [-0.4, -0.2) is 39.8 Å². The quantitative estimate of drug-likeness (QED) is 0.702. The topological polar surface area (TPSA) is 79.7 Å². The van der Waals surface area contributed by atoms with Crippen molar-refractivity contribution in [2.45, 2.75) is 58.0 Å². The number of benzene rings is 1. The van der Waals surface area contributed by atoms with Crippen molar-refractivity contribution in [1.82, 2.24) is 9.88 Å². The van der Waals surface area contributed by atoms with Gasteiger partial charge in [-0.2, -0.15) is 0 Å². The van der Waals surface area contributed by atoms with Gasteiger partial charge in [-0.3, -0.25) is 9.59 Å². The summed E-state index contributed by atoms with van der Waals surface area (Å²) >= 11 is 1.30. The lowest BCUT2D eigenvalue weighted by atomic mass is 9.90. The predicted octanol–water partition coefficient (Wildman–Crippen LogP) is 4.68. The Hall–Kier alpha value is -2.67. The Balaban J connectivity index is 1.81. The number of amides is 1. The number of nitrogens with zero attached hydrogens (tertiary/aromatic N) is 2. The number of aryl methyl sites for hydroxylation is 2. The minimum absolute atomic E-state index is 0.00935. The highest BCUT2D eigenvalue weighted by Gasteiger charge is 2.47. The van der Waals surface area contributed by atoms with Crippen LogP contribution in [0.15, 0.2) is 35.6 Å². The summed E-state index contributed by atoms with van der Waals surface area (Å²) in [5, 5.41) is 11.6. The van der Waals surface area contributed by atoms with Gasteiger partial charge in [0, 0.05) is 6.04 Å². The molecule has 2 aliphatic rings. The summed E-state index contributed by atoms with van der Waals surface area (Å²) in [6.07, 6.45) is 5.00. The molecule has 0 saturated heterocycles. The summed E-state index contributed by atoms with van der Waals surface area (Å²) in [4.78, 5) is 33.3. The summed E-state index contributed by atoms with van der Waals surface area (Å²) in [6.45, 7) is 3.63. The van der Waals surface area contributed by atoms with Crippen LogP contribution in [0.2, 0.25) is 0 Å². The SMILES string of the molecule is COc1ccc(C2C(C(=O)c3sc(C)nc3C)=C(O)C(=O)N2C2CCCCC2)cc1. The van der Waals surface area contributed by atoms with Crippen LogP contribution in [0.25, 0.3) is 0 Å². The van der Waals surface area contributed by atoms with Crippen molar-refractivity contribution in [3.8, 4) is 5.75 Å². The molecule has 1 amide bonds. The lowest BCUT2D eigenvalue weighted by Gasteiger charge is -2.36. The summed E-state index contributed by atoms with van der Waals surface area (Å²) in [5.74, 6) is -0.507. The molecule has 2 heterocycles. The predicted molar refractivity (Wildman–Crippen MR) is 115 cm³/mol. The Morgan fingerprint density at radius 2 is 1.83 bits per heavy atom. The molecule has 7 heteroatoms. The van der Waals surface area contributed by atoms with Gasteiger partial charge < -0.3 is 14.7 Å². The van der Waals surface area contributed by atoms with Crippen LogP contribution in [0.3, 0.4) is 0 Å². The molecule has 6 nitrogen and oxygen atoms in total. The molecule has 1 fully saturated rings.